The Balaban J connectivity index is 5.23. The van der Waals surface area contributed by atoms with Gasteiger partial charge in [-0.25, -0.2) is 9.13 Å². The number of unbranched alkanes of at least 4 members (excludes halogenated alkanes) is 66. The van der Waals surface area contributed by atoms with Crippen molar-refractivity contribution in [3.05, 3.63) is 0 Å². The molecule has 110 heavy (non-hydrogen) atoms. The molecule has 0 aliphatic carbocycles. The molecule has 0 saturated heterocycles. The molecule has 0 aromatic carbocycles. The molecular weight excluding hydrogens is 1430 g/mol. The fourth-order valence-corrected chi connectivity index (χ4v) is 16.0. The van der Waals surface area contributed by atoms with Crippen LogP contribution in [0, 0.1) is 0 Å². The molecule has 0 aliphatic heterocycles. The summed E-state index contributed by atoms with van der Waals surface area (Å²) in [5.74, 6) is -2.09. The van der Waals surface area contributed by atoms with E-state index in [4.69, 9.17) is 37.0 Å². The quantitative estimate of drug-likeness (QED) is 0.0222. The van der Waals surface area contributed by atoms with Crippen LogP contribution in [0.15, 0.2) is 0 Å². The average molecular weight is 1610 g/mol. The molecule has 0 heterocycles. The fraction of sp³-hybridized carbons (Fsp3) is 0.956. The van der Waals surface area contributed by atoms with Gasteiger partial charge in [0.15, 0.2) is 12.2 Å². The summed E-state index contributed by atoms with van der Waals surface area (Å²) >= 11 is 0. The Morgan fingerprint density at radius 2 is 0.364 bits per heavy atom. The molecule has 17 nitrogen and oxygen atoms in total. The van der Waals surface area contributed by atoms with E-state index in [9.17, 15) is 43.2 Å². The van der Waals surface area contributed by atoms with E-state index in [0.29, 0.717) is 25.7 Å². The molecule has 3 N–H and O–H groups in total. The zero-order chi connectivity index (χ0) is 80.3. The molecule has 5 atom stereocenters. The summed E-state index contributed by atoms with van der Waals surface area (Å²) in [5, 5.41) is 10.7. The van der Waals surface area contributed by atoms with Gasteiger partial charge in [-0.15, -0.1) is 0 Å². The van der Waals surface area contributed by atoms with Crippen molar-refractivity contribution in [3.63, 3.8) is 0 Å². The van der Waals surface area contributed by atoms with E-state index in [-0.39, 0.29) is 25.7 Å². The maximum absolute atomic E-state index is 13.2. The highest BCUT2D eigenvalue weighted by molar-refractivity contribution is 7.47. The zero-order valence-electron chi connectivity index (χ0n) is 72.3. The first-order valence-corrected chi connectivity index (χ1v) is 50.3. The van der Waals surface area contributed by atoms with Crippen LogP contribution >= 0.6 is 15.6 Å². The van der Waals surface area contributed by atoms with E-state index in [1.807, 2.05) is 0 Å². The monoisotopic (exact) mass is 1610 g/mol. The summed E-state index contributed by atoms with van der Waals surface area (Å²) in [5.41, 5.74) is 0. The van der Waals surface area contributed by atoms with Crippen molar-refractivity contribution in [1.82, 2.24) is 0 Å². The Kier molecular flexibility index (Phi) is 83.5. The van der Waals surface area contributed by atoms with Gasteiger partial charge < -0.3 is 33.8 Å². The number of phosphoric ester groups is 2. The number of esters is 4. The first-order chi connectivity index (χ1) is 53.7. The van der Waals surface area contributed by atoms with Crippen LogP contribution in [0.1, 0.15) is 503 Å². The van der Waals surface area contributed by atoms with E-state index >= 15 is 0 Å². The molecule has 0 aromatic heterocycles. The van der Waals surface area contributed by atoms with Crippen LogP contribution in [0.25, 0.3) is 0 Å². The predicted molar refractivity (Wildman–Crippen MR) is 455 cm³/mol. The van der Waals surface area contributed by atoms with Crippen LogP contribution < -0.4 is 0 Å². The van der Waals surface area contributed by atoms with E-state index in [1.54, 1.807) is 0 Å². The van der Waals surface area contributed by atoms with Crippen molar-refractivity contribution in [3.8, 4) is 0 Å². The second-order valence-electron chi connectivity index (χ2n) is 32.7. The summed E-state index contributed by atoms with van der Waals surface area (Å²) in [6.45, 7) is 5.09. The maximum Gasteiger partial charge on any atom is 0.472 e. The lowest BCUT2D eigenvalue weighted by molar-refractivity contribution is -0.161. The zero-order valence-corrected chi connectivity index (χ0v) is 74.0. The van der Waals surface area contributed by atoms with Crippen molar-refractivity contribution < 1.29 is 80.2 Å². The van der Waals surface area contributed by atoms with Gasteiger partial charge in [0, 0.05) is 25.7 Å². The topological polar surface area (TPSA) is 237 Å². The van der Waals surface area contributed by atoms with Gasteiger partial charge in [0.05, 0.1) is 26.4 Å². The standard InChI is InChI=1S/C91H178O17P2/c1-5-9-13-17-21-25-29-33-36-39-41-43-44-46-48-51-54-58-62-66-70-74-78-91(96)108-87(82-102-89(94)76-72-68-64-60-56-52-50-47-45-42-40-37-34-30-26-22-18-14-10-6-2)84-106-110(99,100)104-80-85(92)79-103-109(97,98)105-83-86(81-101-88(93)75-71-67-63-59-55-32-28-24-20-16-12-8-4)107-90(95)77-73-69-65-61-57-53-49-38-35-31-27-23-19-15-11-7-3/h85-87,92H,5-84H2,1-4H3,(H,97,98)(H,99,100)/t85-,86+,87+/m0/s1. The number of carbonyl (C=O) groups is 4. The number of phosphoric acid groups is 2. The second-order valence-corrected chi connectivity index (χ2v) is 35.6. The summed E-state index contributed by atoms with van der Waals surface area (Å²) in [7, 11) is -9.93. The number of aliphatic hydroxyl groups excluding tert-OH is 1. The number of ether oxygens (including phenoxy) is 4. The van der Waals surface area contributed by atoms with E-state index in [0.717, 1.165) is 89.9 Å². The van der Waals surface area contributed by atoms with Crippen molar-refractivity contribution >= 4 is 39.5 Å². The van der Waals surface area contributed by atoms with Gasteiger partial charge in [-0.05, 0) is 25.7 Å². The lowest BCUT2D eigenvalue weighted by Gasteiger charge is -2.21. The Hall–Kier alpha value is -1.94. The average Bonchev–Trinajstić information content (AvgIpc) is 0.899. The number of aliphatic hydroxyl groups is 1. The number of hydrogen-bond donors (Lipinski definition) is 3. The lowest BCUT2D eigenvalue weighted by atomic mass is 10.0. The van der Waals surface area contributed by atoms with Crippen LogP contribution in [0.3, 0.4) is 0 Å². The highest BCUT2D eigenvalue weighted by Gasteiger charge is 2.31. The highest BCUT2D eigenvalue weighted by atomic mass is 31.2. The number of rotatable bonds is 92. The van der Waals surface area contributed by atoms with Gasteiger partial charge in [-0.1, -0.05) is 451 Å². The highest BCUT2D eigenvalue weighted by Crippen LogP contribution is 2.45. The predicted octanol–water partition coefficient (Wildman–Crippen LogP) is 28.5. The first kappa shape index (κ1) is 108. The smallest absolute Gasteiger partial charge is 0.462 e. The maximum atomic E-state index is 13.2. The van der Waals surface area contributed by atoms with Crippen molar-refractivity contribution in [2.75, 3.05) is 39.6 Å². The molecule has 0 spiro atoms. The summed E-state index contributed by atoms with van der Waals surface area (Å²) in [4.78, 5) is 73.4. The minimum absolute atomic E-state index is 0.109. The third-order valence-corrected chi connectivity index (χ3v) is 23.5. The van der Waals surface area contributed by atoms with Gasteiger partial charge in [-0.2, -0.15) is 0 Å². The summed E-state index contributed by atoms with van der Waals surface area (Å²) in [6, 6.07) is 0. The molecule has 0 aliphatic rings. The van der Waals surface area contributed by atoms with Crippen LogP contribution in [-0.4, -0.2) is 96.7 Å². The largest absolute Gasteiger partial charge is 0.472 e. The van der Waals surface area contributed by atoms with Crippen LogP contribution in [0.2, 0.25) is 0 Å². The molecule has 0 radical (unpaired) electrons. The fourth-order valence-electron chi connectivity index (χ4n) is 14.4. The normalized spacial score (nSPS) is 13.6. The molecule has 0 bridgehead atoms. The molecule has 654 valence electrons. The summed E-state index contributed by atoms with van der Waals surface area (Å²) < 4.78 is 69.1. The third-order valence-electron chi connectivity index (χ3n) is 21.6. The minimum atomic E-state index is -4.97. The Labute approximate surface area is 677 Å². The van der Waals surface area contributed by atoms with Gasteiger partial charge in [0.2, 0.25) is 0 Å². The van der Waals surface area contributed by atoms with E-state index in [2.05, 4.69) is 27.7 Å². The second kappa shape index (κ2) is 85.0. The molecule has 0 amide bonds. The van der Waals surface area contributed by atoms with Gasteiger partial charge in [0.1, 0.15) is 19.3 Å². The molecular formula is C91H178O17P2. The van der Waals surface area contributed by atoms with Crippen molar-refractivity contribution in [2.24, 2.45) is 0 Å². The number of carbonyl (C=O) groups excluding carboxylic acids is 4. The first-order valence-electron chi connectivity index (χ1n) is 47.3. The Morgan fingerprint density at radius 3 is 0.536 bits per heavy atom. The van der Waals surface area contributed by atoms with Crippen LogP contribution in [0.4, 0.5) is 0 Å². The van der Waals surface area contributed by atoms with E-state index in [1.165, 1.54) is 334 Å². The molecule has 19 heteroatoms. The molecule has 0 saturated carbocycles. The van der Waals surface area contributed by atoms with E-state index < -0.39 is 97.5 Å². The van der Waals surface area contributed by atoms with Gasteiger partial charge >= 0.3 is 39.5 Å². The van der Waals surface area contributed by atoms with Gasteiger partial charge in [-0.3, -0.25) is 37.3 Å². The third kappa shape index (κ3) is 84.0. The van der Waals surface area contributed by atoms with Gasteiger partial charge in [0.25, 0.3) is 0 Å². The van der Waals surface area contributed by atoms with Crippen LogP contribution in [0.5, 0.6) is 0 Å². The molecule has 2 unspecified atom stereocenters. The van der Waals surface area contributed by atoms with Crippen LogP contribution in [-0.2, 0) is 65.4 Å². The minimum Gasteiger partial charge on any atom is -0.462 e. The number of hydrogen-bond acceptors (Lipinski definition) is 15. The Bertz CT molecular complexity index is 2070. The molecule has 0 fully saturated rings. The van der Waals surface area contributed by atoms with Crippen molar-refractivity contribution in [1.29, 1.82) is 0 Å². The lowest BCUT2D eigenvalue weighted by Crippen LogP contribution is -2.30. The SMILES string of the molecule is CCCCCCCCCCCCCCCCCCCCCCCCC(=O)O[C@H](COC(=O)CCCCCCCCCCCCCCCCCCCCCC)COP(=O)(O)OC[C@@H](O)COP(=O)(O)OC[C@@H](COC(=O)CCCCCCCCCCCCCC)OC(=O)CCCCCCCCCCCCCCCCCC. The molecule has 0 aromatic rings. The van der Waals surface area contributed by atoms with Crippen molar-refractivity contribution in [2.45, 2.75) is 521 Å². The summed E-state index contributed by atoms with van der Waals surface area (Å²) in [6.07, 6.45) is 82.0. The Morgan fingerprint density at radius 1 is 0.218 bits per heavy atom. The molecule has 0 rings (SSSR count).